The molecule has 20 heavy (non-hydrogen) atoms. The van der Waals surface area contributed by atoms with Gasteiger partial charge in [0.05, 0.1) is 11.8 Å². The Morgan fingerprint density at radius 3 is 2.35 bits per heavy atom. The first-order valence-electron chi connectivity index (χ1n) is 6.86. The first-order chi connectivity index (χ1) is 9.76. The number of hydrogen-bond acceptors (Lipinski definition) is 2. The van der Waals surface area contributed by atoms with Gasteiger partial charge in [-0.3, -0.25) is 4.79 Å². The fourth-order valence-electron chi connectivity index (χ4n) is 2.08. The van der Waals surface area contributed by atoms with Crippen LogP contribution in [0.4, 0.5) is 0 Å². The zero-order valence-electron chi connectivity index (χ0n) is 11.9. The van der Waals surface area contributed by atoms with Gasteiger partial charge in [-0.25, -0.2) is 0 Å². The molecule has 0 bridgehead atoms. The van der Waals surface area contributed by atoms with Crippen molar-refractivity contribution in [1.82, 2.24) is 4.90 Å². The highest BCUT2D eigenvalue weighted by Gasteiger charge is 2.17. The molecule has 1 aromatic carbocycles. The standard InChI is InChI=1S/C17H19NO2/c1-3-18(4-2)17(19)16(13-15-11-8-12-20-15)14-9-6-5-7-10-14/h5-13H,3-4H2,1-2H3/b16-13+. The Kier molecular flexibility index (Phi) is 4.77. The molecule has 0 fully saturated rings. The minimum Gasteiger partial charge on any atom is -0.465 e. The van der Waals surface area contributed by atoms with Crippen molar-refractivity contribution >= 4 is 17.6 Å². The van der Waals surface area contributed by atoms with E-state index in [1.165, 1.54) is 0 Å². The van der Waals surface area contributed by atoms with Crippen molar-refractivity contribution < 1.29 is 9.21 Å². The third-order valence-corrected chi connectivity index (χ3v) is 3.20. The van der Waals surface area contributed by atoms with Crippen LogP contribution in [0, 0.1) is 0 Å². The average molecular weight is 269 g/mol. The molecule has 0 aliphatic rings. The lowest BCUT2D eigenvalue weighted by molar-refractivity contribution is -0.124. The summed E-state index contributed by atoms with van der Waals surface area (Å²) in [4.78, 5) is 14.5. The van der Waals surface area contributed by atoms with E-state index in [4.69, 9.17) is 4.42 Å². The molecule has 0 aliphatic carbocycles. The van der Waals surface area contributed by atoms with Crippen LogP contribution in [0.1, 0.15) is 25.2 Å². The summed E-state index contributed by atoms with van der Waals surface area (Å²) in [6, 6.07) is 13.3. The highest BCUT2D eigenvalue weighted by molar-refractivity contribution is 6.23. The van der Waals surface area contributed by atoms with E-state index in [1.54, 1.807) is 12.3 Å². The third kappa shape index (κ3) is 3.18. The molecule has 2 rings (SSSR count). The van der Waals surface area contributed by atoms with E-state index in [-0.39, 0.29) is 5.91 Å². The van der Waals surface area contributed by atoms with Crippen LogP contribution in [0.5, 0.6) is 0 Å². The van der Waals surface area contributed by atoms with Crippen LogP contribution in [0.2, 0.25) is 0 Å². The SMILES string of the molecule is CCN(CC)C(=O)/C(=C/c1ccco1)c1ccccc1. The van der Waals surface area contributed by atoms with Crippen molar-refractivity contribution in [2.45, 2.75) is 13.8 Å². The van der Waals surface area contributed by atoms with E-state index >= 15 is 0 Å². The molecule has 0 aliphatic heterocycles. The molecule has 0 atom stereocenters. The second kappa shape index (κ2) is 6.75. The molecule has 3 heteroatoms. The third-order valence-electron chi connectivity index (χ3n) is 3.20. The Labute approximate surface area is 119 Å². The van der Waals surface area contributed by atoms with E-state index < -0.39 is 0 Å². The van der Waals surface area contributed by atoms with Crippen LogP contribution in [0.25, 0.3) is 11.6 Å². The summed E-state index contributed by atoms with van der Waals surface area (Å²) in [5, 5.41) is 0. The summed E-state index contributed by atoms with van der Waals surface area (Å²) in [6.45, 7) is 5.35. The average Bonchev–Trinajstić information content (AvgIpc) is 3.00. The lowest BCUT2D eigenvalue weighted by Crippen LogP contribution is -2.31. The topological polar surface area (TPSA) is 33.5 Å². The molecular formula is C17H19NO2. The van der Waals surface area contributed by atoms with Gasteiger partial charge in [0.25, 0.3) is 5.91 Å². The Hall–Kier alpha value is -2.29. The van der Waals surface area contributed by atoms with Gasteiger partial charge in [0.15, 0.2) is 0 Å². The Bertz CT molecular complexity index is 566. The molecule has 0 saturated carbocycles. The van der Waals surface area contributed by atoms with Gasteiger partial charge in [-0.15, -0.1) is 0 Å². The molecule has 1 amide bonds. The van der Waals surface area contributed by atoms with Crippen molar-refractivity contribution in [3.8, 4) is 0 Å². The van der Waals surface area contributed by atoms with Gasteiger partial charge in [0.1, 0.15) is 5.76 Å². The monoisotopic (exact) mass is 269 g/mol. The molecule has 104 valence electrons. The maximum Gasteiger partial charge on any atom is 0.254 e. The Balaban J connectivity index is 2.42. The van der Waals surface area contributed by atoms with E-state index in [0.29, 0.717) is 24.4 Å². The number of carbonyl (C=O) groups is 1. The summed E-state index contributed by atoms with van der Waals surface area (Å²) in [6.07, 6.45) is 3.41. The minimum atomic E-state index is 0.0256. The zero-order chi connectivity index (χ0) is 14.4. The van der Waals surface area contributed by atoms with Gasteiger partial charge in [0.2, 0.25) is 0 Å². The summed E-state index contributed by atoms with van der Waals surface area (Å²) in [5.74, 6) is 0.710. The van der Waals surface area contributed by atoms with Crippen molar-refractivity contribution in [3.63, 3.8) is 0 Å². The van der Waals surface area contributed by atoms with Gasteiger partial charge in [-0.1, -0.05) is 30.3 Å². The van der Waals surface area contributed by atoms with Crippen molar-refractivity contribution in [2.75, 3.05) is 13.1 Å². The summed E-state index contributed by atoms with van der Waals surface area (Å²) in [5.41, 5.74) is 1.56. The molecule has 1 aromatic heterocycles. The maximum atomic E-state index is 12.6. The predicted octanol–water partition coefficient (Wildman–Crippen LogP) is 3.69. The number of benzene rings is 1. The normalized spacial score (nSPS) is 11.4. The fourth-order valence-corrected chi connectivity index (χ4v) is 2.08. The fraction of sp³-hybridized carbons (Fsp3) is 0.235. The quantitative estimate of drug-likeness (QED) is 0.776. The number of likely N-dealkylation sites (N-methyl/N-ethyl adjacent to an activating group) is 1. The second-order valence-electron chi connectivity index (χ2n) is 4.42. The van der Waals surface area contributed by atoms with E-state index in [1.807, 2.05) is 61.2 Å². The number of rotatable bonds is 5. The van der Waals surface area contributed by atoms with Crippen LogP contribution in [-0.4, -0.2) is 23.9 Å². The van der Waals surface area contributed by atoms with Crippen molar-refractivity contribution in [3.05, 3.63) is 60.1 Å². The number of amides is 1. The van der Waals surface area contributed by atoms with Crippen molar-refractivity contribution in [2.24, 2.45) is 0 Å². The maximum absolute atomic E-state index is 12.6. The van der Waals surface area contributed by atoms with Gasteiger partial charge in [-0.05, 0) is 37.6 Å². The first-order valence-corrected chi connectivity index (χ1v) is 6.86. The van der Waals surface area contributed by atoms with Crippen LogP contribution in [0.15, 0.2) is 53.1 Å². The minimum absolute atomic E-state index is 0.0256. The van der Waals surface area contributed by atoms with Gasteiger partial charge < -0.3 is 9.32 Å². The molecular weight excluding hydrogens is 250 g/mol. The molecule has 3 nitrogen and oxygen atoms in total. The summed E-state index contributed by atoms with van der Waals surface area (Å²) >= 11 is 0. The zero-order valence-corrected chi connectivity index (χ0v) is 11.9. The highest BCUT2D eigenvalue weighted by Crippen LogP contribution is 2.21. The largest absolute Gasteiger partial charge is 0.465 e. The number of nitrogens with zero attached hydrogens (tertiary/aromatic N) is 1. The summed E-state index contributed by atoms with van der Waals surface area (Å²) < 4.78 is 5.34. The number of furan rings is 1. The van der Waals surface area contributed by atoms with E-state index in [9.17, 15) is 4.79 Å². The first kappa shape index (κ1) is 14.1. The Morgan fingerprint density at radius 1 is 1.10 bits per heavy atom. The molecule has 2 aromatic rings. The lowest BCUT2D eigenvalue weighted by atomic mass is 10.0. The van der Waals surface area contributed by atoms with Crippen LogP contribution < -0.4 is 0 Å². The van der Waals surface area contributed by atoms with Crippen LogP contribution in [0.3, 0.4) is 0 Å². The second-order valence-corrected chi connectivity index (χ2v) is 4.42. The molecule has 0 radical (unpaired) electrons. The summed E-state index contributed by atoms with van der Waals surface area (Å²) in [7, 11) is 0. The molecule has 0 N–H and O–H groups in total. The van der Waals surface area contributed by atoms with Gasteiger partial charge >= 0.3 is 0 Å². The Morgan fingerprint density at radius 2 is 1.80 bits per heavy atom. The number of hydrogen-bond donors (Lipinski definition) is 0. The van der Waals surface area contributed by atoms with E-state index in [2.05, 4.69) is 0 Å². The van der Waals surface area contributed by atoms with Gasteiger partial charge in [-0.2, -0.15) is 0 Å². The number of carbonyl (C=O) groups excluding carboxylic acids is 1. The van der Waals surface area contributed by atoms with Crippen LogP contribution >= 0.6 is 0 Å². The molecule has 0 saturated heterocycles. The smallest absolute Gasteiger partial charge is 0.254 e. The predicted molar refractivity (Wildman–Crippen MR) is 80.9 cm³/mol. The van der Waals surface area contributed by atoms with E-state index in [0.717, 1.165) is 5.56 Å². The molecule has 0 unspecified atom stereocenters. The molecule has 1 heterocycles. The lowest BCUT2D eigenvalue weighted by Gasteiger charge is -2.20. The molecule has 0 spiro atoms. The highest BCUT2D eigenvalue weighted by atomic mass is 16.3. The van der Waals surface area contributed by atoms with Crippen molar-refractivity contribution in [1.29, 1.82) is 0 Å². The van der Waals surface area contributed by atoms with Crippen LogP contribution in [-0.2, 0) is 4.79 Å². The van der Waals surface area contributed by atoms with Gasteiger partial charge in [0, 0.05) is 13.1 Å².